The number of pyridine rings is 3. The largest absolute Gasteiger partial charge is 0.491 e. The van der Waals surface area contributed by atoms with E-state index in [-0.39, 0.29) is 0 Å². The maximum absolute atomic E-state index is 5.93. The first-order chi connectivity index (χ1) is 28.8. The highest BCUT2D eigenvalue weighted by Crippen LogP contribution is 2.30. The van der Waals surface area contributed by atoms with Gasteiger partial charge >= 0.3 is 0 Å². The second-order valence-electron chi connectivity index (χ2n) is 14.2. The van der Waals surface area contributed by atoms with Crippen molar-refractivity contribution in [3.63, 3.8) is 0 Å². The van der Waals surface area contributed by atoms with Crippen LogP contribution >= 0.6 is 0 Å². The lowest BCUT2D eigenvalue weighted by Crippen LogP contribution is -2.34. The molecule has 0 fully saturated rings. The van der Waals surface area contributed by atoms with Crippen molar-refractivity contribution in [3.05, 3.63) is 85.2 Å². The van der Waals surface area contributed by atoms with Gasteiger partial charge in [-0.25, -0.2) is 4.98 Å². The Morgan fingerprint density at radius 3 is 1.40 bits per heavy atom. The molecule has 3 aromatic heterocycles. The van der Waals surface area contributed by atoms with E-state index < -0.39 is 0 Å². The molecule has 0 saturated heterocycles. The molecule has 0 bridgehead atoms. The van der Waals surface area contributed by atoms with E-state index in [0.717, 1.165) is 118 Å². The fraction of sp³-hybridized carbons (Fsp3) is 0.543. The van der Waals surface area contributed by atoms with Gasteiger partial charge in [0.05, 0.1) is 49.2 Å². The van der Waals surface area contributed by atoms with Crippen molar-refractivity contribution in [3.8, 4) is 39.7 Å². The third-order valence-corrected chi connectivity index (χ3v) is 9.53. The van der Waals surface area contributed by atoms with Crippen molar-refractivity contribution < 1.29 is 14.2 Å². The average Bonchev–Trinajstić information content (AvgIpc) is 3.27. The van der Waals surface area contributed by atoms with Gasteiger partial charge in [0, 0.05) is 71.3 Å². The molecule has 318 valence electrons. The number of nitrogens with zero attached hydrogens (tertiary/aromatic N) is 3. The fourth-order valence-electron chi connectivity index (χ4n) is 6.31. The van der Waals surface area contributed by atoms with Gasteiger partial charge in [-0.2, -0.15) is 0 Å². The average molecular weight is 798 g/mol. The van der Waals surface area contributed by atoms with Crippen LogP contribution in [0.3, 0.4) is 0 Å². The highest BCUT2D eigenvalue weighted by molar-refractivity contribution is 5.74. The number of aromatic nitrogens is 3. The van der Waals surface area contributed by atoms with E-state index in [1.807, 2.05) is 48.5 Å². The van der Waals surface area contributed by atoms with Gasteiger partial charge in [-0.05, 0) is 92.1 Å². The Morgan fingerprint density at radius 2 is 0.879 bits per heavy atom. The third-order valence-electron chi connectivity index (χ3n) is 9.53. The lowest BCUT2D eigenvalue weighted by molar-refractivity contribution is 0.0373. The van der Waals surface area contributed by atoms with Crippen LogP contribution in [0.4, 0.5) is 0 Å². The molecule has 0 aliphatic heterocycles. The van der Waals surface area contributed by atoms with Crippen molar-refractivity contribution in [1.29, 1.82) is 0 Å². The molecule has 0 amide bonds. The number of hydrogen-bond acceptors (Lipinski definition) is 12. The second kappa shape index (κ2) is 32.1. The highest BCUT2D eigenvalue weighted by atomic mass is 16.5. The topological polar surface area (TPSA) is 139 Å². The normalized spacial score (nSPS) is 11.3. The zero-order valence-corrected chi connectivity index (χ0v) is 35.1. The molecule has 4 aromatic rings. The summed E-state index contributed by atoms with van der Waals surface area (Å²) < 4.78 is 17.3. The van der Waals surface area contributed by atoms with Gasteiger partial charge in [0.25, 0.3) is 0 Å². The van der Waals surface area contributed by atoms with E-state index in [4.69, 9.17) is 19.2 Å². The second-order valence-corrected chi connectivity index (χ2v) is 14.2. The first-order valence-corrected chi connectivity index (χ1v) is 21.8. The van der Waals surface area contributed by atoms with E-state index in [9.17, 15) is 0 Å². The number of ether oxygens (including phenoxy) is 3. The molecule has 1 aromatic carbocycles. The quantitative estimate of drug-likeness (QED) is 0.0321. The minimum Gasteiger partial charge on any atom is -0.491 e. The van der Waals surface area contributed by atoms with Crippen LogP contribution in [0.25, 0.3) is 33.9 Å². The van der Waals surface area contributed by atoms with Gasteiger partial charge in [0.1, 0.15) is 12.4 Å². The van der Waals surface area contributed by atoms with Crippen molar-refractivity contribution in [1.82, 2.24) is 46.9 Å². The molecule has 12 heteroatoms. The molecule has 4 rings (SSSR count). The van der Waals surface area contributed by atoms with Crippen LogP contribution < -0.4 is 36.6 Å². The Bertz CT molecular complexity index is 1490. The maximum atomic E-state index is 5.93. The molecular weight excluding hydrogens is 727 g/mol. The molecule has 0 saturated carbocycles. The number of likely N-dealkylation sites (N-methyl/N-ethyl adjacent to an activating group) is 1. The lowest BCUT2D eigenvalue weighted by Gasteiger charge is -2.11. The van der Waals surface area contributed by atoms with Gasteiger partial charge in [0.15, 0.2) is 0 Å². The predicted octanol–water partition coefficient (Wildman–Crippen LogP) is 5.57. The standard InChI is InChI=1S/C46H71N9O3/c1-2-47-24-25-50-28-26-48-20-10-6-4-3-5-7-11-21-49-27-29-51-30-31-52-32-33-56-34-35-57-36-37-58-42-18-16-40(17-19-42)41-38-45(43-14-8-12-22-53-43)55-46(39-41)44-15-9-13-23-54-44/h8-9,12-19,22-23,38-39,47-52H,2-7,10-11,20-21,24-37H2,1H3. The number of unbranched alkanes of at least 4 members (excludes halogenated alkanes) is 6. The summed E-state index contributed by atoms with van der Waals surface area (Å²) in [5, 5.41) is 20.8. The van der Waals surface area contributed by atoms with Crippen molar-refractivity contribution in [2.75, 3.05) is 112 Å². The van der Waals surface area contributed by atoms with E-state index in [2.05, 4.69) is 73.1 Å². The Balaban J connectivity index is 0.895. The summed E-state index contributed by atoms with van der Waals surface area (Å²) in [7, 11) is 0. The Hall–Kier alpha value is -3.85. The molecule has 0 atom stereocenters. The summed E-state index contributed by atoms with van der Waals surface area (Å²) >= 11 is 0. The van der Waals surface area contributed by atoms with Gasteiger partial charge in [-0.1, -0.05) is 63.3 Å². The Kier molecular flexibility index (Phi) is 25.9. The van der Waals surface area contributed by atoms with Gasteiger partial charge in [-0.15, -0.1) is 0 Å². The summed E-state index contributed by atoms with van der Waals surface area (Å²) in [6, 6.07) is 23.9. The van der Waals surface area contributed by atoms with Crippen molar-refractivity contribution in [2.24, 2.45) is 0 Å². The molecule has 12 nitrogen and oxygen atoms in total. The van der Waals surface area contributed by atoms with Gasteiger partial charge in [-0.3, -0.25) is 9.97 Å². The van der Waals surface area contributed by atoms with Crippen LogP contribution in [0.15, 0.2) is 85.2 Å². The fourth-order valence-corrected chi connectivity index (χ4v) is 6.31. The first-order valence-electron chi connectivity index (χ1n) is 21.8. The molecule has 0 aliphatic rings. The minimum atomic E-state index is 0.474. The molecule has 3 heterocycles. The minimum absolute atomic E-state index is 0.474. The van der Waals surface area contributed by atoms with Crippen LogP contribution in [-0.2, 0) is 9.47 Å². The zero-order valence-electron chi connectivity index (χ0n) is 35.1. The van der Waals surface area contributed by atoms with E-state index in [0.29, 0.717) is 33.0 Å². The number of nitrogens with one attached hydrogen (secondary N) is 6. The molecule has 0 radical (unpaired) electrons. The molecule has 0 aliphatic carbocycles. The van der Waals surface area contributed by atoms with Crippen molar-refractivity contribution >= 4 is 0 Å². The highest BCUT2D eigenvalue weighted by Gasteiger charge is 2.10. The van der Waals surface area contributed by atoms with Gasteiger partial charge < -0.3 is 46.1 Å². The van der Waals surface area contributed by atoms with E-state index in [1.165, 1.54) is 44.9 Å². The summed E-state index contributed by atoms with van der Waals surface area (Å²) in [6.07, 6.45) is 12.9. The van der Waals surface area contributed by atoms with E-state index >= 15 is 0 Å². The molecule has 0 spiro atoms. The number of benzene rings is 1. The predicted molar refractivity (Wildman–Crippen MR) is 238 cm³/mol. The first kappa shape index (κ1) is 46.8. The summed E-state index contributed by atoms with van der Waals surface area (Å²) in [4.78, 5) is 13.9. The molecule has 6 N–H and O–H groups in total. The lowest BCUT2D eigenvalue weighted by atomic mass is 10.0. The van der Waals surface area contributed by atoms with Gasteiger partial charge in [0.2, 0.25) is 0 Å². The van der Waals surface area contributed by atoms with Crippen LogP contribution in [0.5, 0.6) is 5.75 Å². The Morgan fingerprint density at radius 1 is 0.414 bits per heavy atom. The summed E-state index contributed by atoms with van der Waals surface area (Å²) in [5.74, 6) is 0.797. The number of rotatable bonds is 36. The molecule has 0 unspecified atom stereocenters. The third kappa shape index (κ3) is 21.2. The molecule has 58 heavy (non-hydrogen) atoms. The summed E-state index contributed by atoms with van der Waals surface area (Å²) in [5.41, 5.74) is 5.33. The van der Waals surface area contributed by atoms with Crippen LogP contribution in [0.1, 0.15) is 51.9 Å². The van der Waals surface area contributed by atoms with E-state index in [1.54, 1.807) is 12.4 Å². The Labute approximate surface area is 348 Å². The zero-order chi connectivity index (χ0) is 40.4. The van der Waals surface area contributed by atoms with Crippen LogP contribution in [0, 0.1) is 0 Å². The smallest absolute Gasteiger partial charge is 0.119 e. The monoisotopic (exact) mass is 798 g/mol. The van der Waals surface area contributed by atoms with Crippen LogP contribution in [-0.4, -0.2) is 127 Å². The molecular formula is C46H71N9O3. The maximum Gasteiger partial charge on any atom is 0.119 e. The van der Waals surface area contributed by atoms with Crippen LogP contribution in [0.2, 0.25) is 0 Å². The van der Waals surface area contributed by atoms with Crippen molar-refractivity contribution in [2.45, 2.75) is 51.9 Å². The summed E-state index contributed by atoms with van der Waals surface area (Å²) in [6.45, 7) is 17.2. The SMILES string of the molecule is CCNCCNCCNCCCCCCCCCNCCNCCNCCOCCOCCOc1ccc(-c2cc(-c3ccccn3)nc(-c3ccccn3)c2)cc1. The number of hydrogen-bond donors (Lipinski definition) is 6.